The molecule has 1 N–H and O–H groups in total. The highest BCUT2D eigenvalue weighted by molar-refractivity contribution is 5.04. The van der Waals surface area contributed by atoms with Gasteiger partial charge in [-0.3, -0.25) is 0 Å². The average molecular weight is 349 g/mol. The number of hydrogen-bond donors (Lipinski definition) is 1. The Morgan fingerprint density at radius 2 is 1.64 bits per heavy atom. The van der Waals surface area contributed by atoms with Crippen LogP contribution in [0.4, 0.5) is 0 Å². The predicted octanol–water partition coefficient (Wildman–Crippen LogP) is 5.43. The molecular formula is C23H40O2. The van der Waals surface area contributed by atoms with E-state index in [-0.39, 0.29) is 5.60 Å². The minimum absolute atomic E-state index is 0.386. The van der Waals surface area contributed by atoms with Gasteiger partial charge in [0.1, 0.15) is 0 Å². The highest BCUT2D eigenvalue weighted by Gasteiger charge is 2.55. The van der Waals surface area contributed by atoms with Gasteiger partial charge < -0.3 is 9.84 Å². The van der Waals surface area contributed by atoms with Crippen LogP contribution < -0.4 is 0 Å². The molecule has 0 heterocycles. The zero-order valence-electron chi connectivity index (χ0n) is 16.8. The minimum atomic E-state index is -0.386. The van der Waals surface area contributed by atoms with Crippen LogP contribution in [0.2, 0.25) is 0 Å². The smallest absolute Gasteiger partial charge is 0.0622 e. The van der Waals surface area contributed by atoms with Gasteiger partial charge in [-0.15, -0.1) is 0 Å². The van der Waals surface area contributed by atoms with E-state index in [1.54, 1.807) is 0 Å². The molecule has 0 aromatic carbocycles. The van der Waals surface area contributed by atoms with Gasteiger partial charge in [0.15, 0.2) is 0 Å². The van der Waals surface area contributed by atoms with Crippen molar-refractivity contribution < 1.29 is 9.84 Å². The number of ether oxygens (including phenoxy) is 1. The van der Waals surface area contributed by atoms with Crippen LogP contribution >= 0.6 is 0 Å². The van der Waals surface area contributed by atoms with Crippen LogP contribution in [0.1, 0.15) is 84.5 Å². The molecule has 25 heavy (non-hydrogen) atoms. The van der Waals surface area contributed by atoms with E-state index >= 15 is 0 Å². The number of methoxy groups -OCH3 is 1. The van der Waals surface area contributed by atoms with Crippen molar-refractivity contribution in [3.8, 4) is 0 Å². The van der Waals surface area contributed by atoms with Crippen molar-refractivity contribution in [2.75, 3.05) is 13.7 Å². The zero-order valence-corrected chi connectivity index (χ0v) is 16.8. The van der Waals surface area contributed by atoms with Gasteiger partial charge in [-0.1, -0.05) is 19.8 Å². The first-order valence-corrected chi connectivity index (χ1v) is 11.2. The van der Waals surface area contributed by atoms with Gasteiger partial charge in [0.2, 0.25) is 0 Å². The normalized spacial score (nSPS) is 53.3. The Morgan fingerprint density at radius 3 is 2.44 bits per heavy atom. The van der Waals surface area contributed by atoms with Crippen LogP contribution in [-0.4, -0.2) is 24.4 Å². The minimum Gasteiger partial charge on any atom is -0.390 e. The van der Waals surface area contributed by atoms with E-state index in [1.165, 1.54) is 57.8 Å². The topological polar surface area (TPSA) is 29.5 Å². The lowest BCUT2D eigenvalue weighted by Gasteiger charge is -2.59. The average Bonchev–Trinajstić information content (AvgIpc) is 2.73. The van der Waals surface area contributed by atoms with Crippen molar-refractivity contribution in [3.05, 3.63) is 0 Å². The molecule has 8 atom stereocenters. The number of aliphatic hydroxyl groups is 1. The molecule has 0 spiro atoms. The third kappa shape index (κ3) is 3.20. The van der Waals surface area contributed by atoms with E-state index in [2.05, 4.69) is 13.8 Å². The third-order valence-corrected chi connectivity index (χ3v) is 9.29. The Morgan fingerprint density at radius 1 is 0.880 bits per heavy atom. The summed E-state index contributed by atoms with van der Waals surface area (Å²) >= 11 is 0. The molecule has 4 rings (SSSR count). The van der Waals surface area contributed by atoms with Gasteiger partial charge in [-0.05, 0) is 106 Å². The fourth-order valence-electron chi connectivity index (χ4n) is 8.04. The number of fused-ring (bicyclic) bond motifs is 5. The van der Waals surface area contributed by atoms with Gasteiger partial charge in [-0.25, -0.2) is 0 Å². The summed E-state index contributed by atoms with van der Waals surface area (Å²) in [5.41, 5.74) is 0.129. The summed E-state index contributed by atoms with van der Waals surface area (Å²) in [6.45, 7) is 5.67. The summed E-state index contributed by atoms with van der Waals surface area (Å²) < 4.78 is 5.67. The monoisotopic (exact) mass is 348 g/mol. The number of hydrogen-bond acceptors (Lipinski definition) is 2. The summed E-state index contributed by atoms with van der Waals surface area (Å²) in [5, 5.41) is 10.6. The second kappa shape index (κ2) is 6.82. The molecule has 0 radical (unpaired) electrons. The van der Waals surface area contributed by atoms with Crippen molar-refractivity contribution in [1.29, 1.82) is 0 Å². The molecule has 0 aliphatic heterocycles. The van der Waals surface area contributed by atoms with Gasteiger partial charge in [0.05, 0.1) is 5.60 Å². The van der Waals surface area contributed by atoms with Crippen molar-refractivity contribution in [2.45, 2.75) is 90.1 Å². The molecule has 4 saturated carbocycles. The maximum Gasteiger partial charge on any atom is 0.0622 e. The van der Waals surface area contributed by atoms with Crippen LogP contribution in [0.5, 0.6) is 0 Å². The summed E-state index contributed by atoms with van der Waals surface area (Å²) in [7, 11) is 1.90. The lowest BCUT2D eigenvalue weighted by molar-refractivity contribution is -0.118. The molecule has 4 aliphatic rings. The van der Waals surface area contributed by atoms with Gasteiger partial charge in [0, 0.05) is 13.7 Å². The van der Waals surface area contributed by atoms with E-state index in [4.69, 9.17) is 4.74 Å². The molecule has 144 valence electrons. The highest BCUT2D eigenvalue weighted by Crippen LogP contribution is 2.62. The first-order chi connectivity index (χ1) is 11.9. The second-order valence-corrected chi connectivity index (χ2v) is 10.7. The molecule has 4 aliphatic carbocycles. The predicted molar refractivity (Wildman–Crippen MR) is 102 cm³/mol. The zero-order chi connectivity index (χ0) is 17.7. The van der Waals surface area contributed by atoms with Crippen LogP contribution in [0.3, 0.4) is 0 Å². The maximum atomic E-state index is 10.6. The van der Waals surface area contributed by atoms with Crippen LogP contribution in [0.25, 0.3) is 0 Å². The van der Waals surface area contributed by atoms with Gasteiger partial charge in [0.25, 0.3) is 0 Å². The Balaban J connectivity index is 1.56. The third-order valence-electron chi connectivity index (χ3n) is 9.29. The van der Waals surface area contributed by atoms with Crippen molar-refractivity contribution in [2.24, 2.45) is 40.9 Å². The summed E-state index contributed by atoms with van der Waals surface area (Å²) in [4.78, 5) is 0. The summed E-state index contributed by atoms with van der Waals surface area (Å²) in [6.07, 6.45) is 14.8. The fourth-order valence-corrected chi connectivity index (χ4v) is 8.04. The van der Waals surface area contributed by atoms with Crippen LogP contribution in [0, 0.1) is 40.9 Å². The first kappa shape index (κ1) is 18.3. The Hall–Kier alpha value is -0.0800. The first-order valence-electron chi connectivity index (χ1n) is 11.2. The molecule has 4 fully saturated rings. The largest absolute Gasteiger partial charge is 0.390 e. The van der Waals surface area contributed by atoms with Gasteiger partial charge in [-0.2, -0.15) is 0 Å². The highest BCUT2D eigenvalue weighted by atomic mass is 16.5. The fraction of sp³-hybridized carbons (Fsp3) is 1.00. The molecular weight excluding hydrogens is 308 g/mol. The van der Waals surface area contributed by atoms with Gasteiger partial charge >= 0.3 is 0 Å². The lowest BCUT2D eigenvalue weighted by atomic mass is 9.47. The maximum absolute atomic E-state index is 10.6. The molecule has 2 heteroatoms. The van der Waals surface area contributed by atoms with Crippen molar-refractivity contribution in [1.82, 2.24) is 0 Å². The molecule has 0 unspecified atom stereocenters. The summed E-state index contributed by atoms with van der Waals surface area (Å²) in [6, 6.07) is 0. The molecule has 0 aromatic rings. The molecule has 0 saturated heterocycles. The van der Waals surface area contributed by atoms with Crippen LogP contribution in [0.15, 0.2) is 0 Å². The van der Waals surface area contributed by atoms with E-state index in [9.17, 15) is 5.11 Å². The Labute approximate surface area is 155 Å². The Bertz CT molecular complexity index is 473. The molecule has 0 aromatic heterocycles. The van der Waals surface area contributed by atoms with Crippen molar-refractivity contribution >= 4 is 0 Å². The van der Waals surface area contributed by atoms with E-state index in [1.807, 2.05) is 7.11 Å². The lowest BCUT2D eigenvalue weighted by Crippen LogP contribution is -2.52. The van der Waals surface area contributed by atoms with Crippen LogP contribution in [-0.2, 0) is 4.74 Å². The summed E-state index contributed by atoms with van der Waals surface area (Å²) in [5.74, 6) is 5.32. The molecule has 0 bridgehead atoms. The second-order valence-electron chi connectivity index (χ2n) is 10.7. The SMILES string of the molecule is COC[C@@H]1CCCC[C@H]2[C@@H]3CC[C@@H]4C[C@](C)(O)CC[C@@H]4[C@H]3CC[C@]12C. The Kier molecular flexibility index (Phi) is 4.99. The standard InChI is InChI=1S/C23H40O2/c1-22(24)12-10-18-16(14-22)8-9-20-19(18)11-13-23(2)17(15-25-3)6-4-5-7-21(20)23/h16-21,24H,4-15H2,1-3H3/t16-,17+,18+,19-,20-,21+,22-,23-/m1/s1. The molecule has 2 nitrogen and oxygen atoms in total. The number of rotatable bonds is 2. The quantitative estimate of drug-likeness (QED) is 0.720. The van der Waals surface area contributed by atoms with Crippen molar-refractivity contribution in [3.63, 3.8) is 0 Å². The van der Waals surface area contributed by atoms with E-state index < -0.39 is 0 Å². The molecule has 0 amide bonds. The van der Waals surface area contributed by atoms with E-state index in [0.717, 1.165) is 55.0 Å². The van der Waals surface area contributed by atoms with E-state index in [0.29, 0.717) is 5.41 Å².